The van der Waals surface area contributed by atoms with Crippen LogP contribution in [-0.2, 0) is 16.3 Å². The predicted octanol–water partition coefficient (Wildman–Crippen LogP) is 1.41. The summed E-state index contributed by atoms with van der Waals surface area (Å²) >= 11 is 0. The van der Waals surface area contributed by atoms with Crippen LogP contribution in [0.3, 0.4) is 0 Å². The third kappa shape index (κ3) is 3.73. The molecule has 0 spiro atoms. The van der Waals surface area contributed by atoms with Gasteiger partial charge in [-0.05, 0) is 18.1 Å². The molecule has 0 aliphatic carbocycles. The molecule has 1 atom stereocenters. The Morgan fingerprint density at radius 2 is 2.04 bits per heavy atom. The van der Waals surface area contributed by atoms with Crippen LogP contribution in [0.2, 0.25) is 0 Å². The van der Waals surface area contributed by atoms with Gasteiger partial charge in [0.1, 0.15) is 0 Å². The Morgan fingerprint density at radius 3 is 2.67 bits per heavy atom. The van der Waals surface area contributed by atoms with E-state index in [9.17, 15) is 13.2 Å². The number of sulfone groups is 1. The van der Waals surface area contributed by atoms with Crippen LogP contribution in [0.5, 0.6) is 0 Å². The fraction of sp³-hybridized carbons (Fsp3) is 0.294. The molecule has 0 unspecified atom stereocenters. The topological polar surface area (TPSA) is 72.3 Å². The van der Waals surface area contributed by atoms with Crippen LogP contribution in [0.25, 0.3) is 0 Å². The number of allylic oxidation sites excluding steroid dienone is 1. The maximum absolute atomic E-state index is 12.3. The van der Waals surface area contributed by atoms with E-state index in [4.69, 9.17) is 0 Å². The van der Waals surface area contributed by atoms with Gasteiger partial charge in [-0.25, -0.2) is 13.1 Å². The number of hydrogen-bond acceptors (Lipinski definition) is 5. The summed E-state index contributed by atoms with van der Waals surface area (Å²) < 4.78 is 24.2. The lowest BCUT2D eigenvalue weighted by Gasteiger charge is -2.19. The molecule has 7 heteroatoms. The normalized spacial score (nSPS) is 18.6. The molecule has 3 rings (SSSR count). The molecule has 1 aromatic heterocycles. The third-order valence-corrected chi connectivity index (χ3v) is 5.43. The van der Waals surface area contributed by atoms with E-state index in [0.717, 1.165) is 24.1 Å². The van der Waals surface area contributed by atoms with Crippen LogP contribution < -0.4 is 10.5 Å². The van der Waals surface area contributed by atoms with Crippen molar-refractivity contribution in [1.29, 1.82) is 0 Å². The van der Waals surface area contributed by atoms with Crippen LogP contribution in [0, 0.1) is 0 Å². The average Bonchev–Trinajstić information content (AvgIpc) is 2.93. The van der Waals surface area contributed by atoms with Crippen molar-refractivity contribution in [3.05, 3.63) is 70.0 Å². The second kappa shape index (κ2) is 6.60. The number of hydrogen-bond donors (Lipinski definition) is 0. The highest BCUT2D eigenvalue weighted by molar-refractivity contribution is 7.94. The Morgan fingerprint density at radius 1 is 1.29 bits per heavy atom. The van der Waals surface area contributed by atoms with Gasteiger partial charge >= 0.3 is 0 Å². The summed E-state index contributed by atoms with van der Waals surface area (Å²) in [7, 11) is -1.31. The molecule has 0 saturated heterocycles. The molecule has 2 heterocycles. The van der Waals surface area contributed by atoms with Crippen LogP contribution in [-0.4, -0.2) is 37.5 Å². The fourth-order valence-corrected chi connectivity index (χ4v) is 3.91. The first kappa shape index (κ1) is 16.4. The highest BCUT2D eigenvalue weighted by Crippen LogP contribution is 2.18. The van der Waals surface area contributed by atoms with E-state index in [2.05, 4.69) is 17.2 Å². The molecule has 0 radical (unpaired) electrons. The van der Waals surface area contributed by atoms with Crippen molar-refractivity contribution in [3.63, 3.8) is 0 Å². The molecule has 24 heavy (non-hydrogen) atoms. The number of benzene rings is 1. The lowest BCUT2D eigenvalue weighted by atomic mass is 10.1. The molecule has 1 aliphatic rings. The van der Waals surface area contributed by atoms with Gasteiger partial charge in [0.15, 0.2) is 9.84 Å². The maximum Gasteiger partial charge on any atom is 0.269 e. The van der Waals surface area contributed by atoms with Crippen LogP contribution in [0.15, 0.2) is 58.9 Å². The van der Waals surface area contributed by atoms with Gasteiger partial charge in [0.25, 0.3) is 5.56 Å². The van der Waals surface area contributed by atoms with Gasteiger partial charge in [-0.2, -0.15) is 5.10 Å². The molecule has 1 aliphatic heterocycles. The Kier molecular flexibility index (Phi) is 4.53. The summed E-state index contributed by atoms with van der Waals surface area (Å²) in [6.45, 7) is 0.757. The lowest BCUT2D eigenvalue weighted by molar-refractivity contribution is 0.541. The number of rotatable bonds is 5. The second-order valence-electron chi connectivity index (χ2n) is 5.88. The third-order valence-electron chi connectivity index (χ3n) is 4.06. The zero-order valence-corrected chi connectivity index (χ0v) is 14.2. The average molecular weight is 345 g/mol. The van der Waals surface area contributed by atoms with Crippen molar-refractivity contribution in [2.24, 2.45) is 0 Å². The first-order valence-electron chi connectivity index (χ1n) is 7.69. The molecule has 2 aromatic rings. The van der Waals surface area contributed by atoms with Crippen molar-refractivity contribution < 1.29 is 8.42 Å². The van der Waals surface area contributed by atoms with Crippen molar-refractivity contribution >= 4 is 15.5 Å². The first-order chi connectivity index (χ1) is 11.4. The quantitative estimate of drug-likeness (QED) is 0.819. The summed E-state index contributed by atoms with van der Waals surface area (Å²) in [6, 6.07) is 11.1. The van der Waals surface area contributed by atoms with E-state index in [-0.39, 0.29) is 11.3 Å². The fourth-order valence-electron chi connectivity index (χ4n) is 2.65. The van der Waals surface area contributed by atoms with Gasteiger partial charge in [0.2, 0.25) is 0 Å². The maximum atomic E-state index is 12.3. The molecule has 0 bridgehead atoms. The van der Waals surface area contributed by atoms with Crippen molar-refractivity contribution in [3.8, 4) is 0 Å². The minimum absolute atomic E-state index is 0.108. The van der Waals surface area contributed by atoms with Gasteiger partial charge in [0, 0.05) is 25.1 Å². The largest absolute Gasteiger partial charge is 0.373 e. The monoisotopic (exact) mass is 345 g/mol. The summed E-state index contributed by atoms with van der Waals surface area (Å²) in [5.41, 5.74) is 1.65. The van der Waals surface area contributed by atoms with Gasteiger partial charge in [-0.1, -0.05) is 30.3 Å². The lowest BCUT2D eigenvalue weighted by Crippen LogP contribution is -2.30. The van der Waals surface area contributed by atoms with E-state index >= 15 is 0 Å². The Bertz CT molecular complexity index is 904. The Hall–Kier alpha value is -2.41. The number of aromatic nitrogens is 2. The SMILES string of the molecule is CN(CCc1ccccc1)c1cnn([C@@H]2C=CS(=O)(=O)C2)c(=O)c1. The van der Waals surface area contributed by atoms with Gasteiger partial charge in [0.05, 0.1) is 23.7 Å². The summed E-state index contributed by atoms with van der Waals surface area (Å²) in [5.74, 6) is -0.108. The summed E-state index contributed by atoms with van der Waals surface area (Å²) in [4.78, 5) is 14.2. The van der Waals surface area contributed by atoms with E-state index in [1.165, 1.54) is 22.4 Å². The summed E-state index contributed by atoms with van der Waals surface area (Å²) in [6.07, 6.45) is 3.97. The van der Waals surface area contributed by atoms with Gasteiger partial charge < -0.3 is 4.90 Å². The van der Waals surface area contributed by atoms with Gasteiger partial charge in [-0.15, -0.1) is 0 Å². The van der Waals surface area contributed by atoms with Crippen LogP contribution in [0.1, 0.15) is 11.6 Å². The smallest absolute Gasteiger partial charge is 0.269 e. The van der Waals surface area contributed by atoms with Gasteiger partial charge in [-0.3, -0.25) is 4.79 Å². The number of anilines is 1. The zero-order valence-electron chi connectivity index (χ0n) is 13.4. The minimum atomic E-state index is -3.22. The predicted molar refractivity (Wildman–Crippen MR) is 93.9 cm³/mol. The molecule has 6 nitrogen and oxygen atoms in total. The highest BCUT2D eigenvalue weighted by Gasteiger charge is 2.24. The minimum Gasteiger partial charge on any atom is -0.373 e. The van der Waals surface area contributed by atoms with E-state index < -0.39 is 15.9 Å². The second-order valence-corrected chi connectivity index (χ2v) is 7.81. The van der Waals surface area contributed by atoms with Crippen molar-refractivity contribution in [2.45, 2.75) is 12.5 Å². The van der Waals surface area contributed by atoms with Crippen LogP contribution in [0.4, 0.5) is 5.69 Å². The molecule has 0 amide bonds. The molecule has 1 aromatic carbocycles. The molecular weight excluding hydrogens is 326 g/mol. The molecule has 0 fully saturated rings. The number of nitrogens with zero attached hydrogens (tertiary/aromatic N) is 3. The Balaban J connectivity index is 1.70. The molecular formula is C17H19N3O3S. The van der Waals surface area contributed by atoms with E-state index in [1.807, 2.05) is 30.1 Å². The van der Waals surface area contributed by atoms with Crippen LogP contribution >= 0.6 is 0 Å². The van der Waals surface area contributed by atoms with Crippen molar-refractivity contribution in [1.82, 2.24) is 9.78 Å². The number of likely N-dealkylation sites (N-methyl/N-ethyl adjacent to an activating group) is 1. The zero-order chi connectivity index (χ0) is 17.2. The summed E-state index contributed by atoms with van der Waals surface area (Å²) in [5, 5.41) is 5.29. The highest BCUT2D eigenvalue weighted by atomic mass is 32.2. The van der Waals surface area contributed by atoms with Crippen molar-refractivity contribution in [2.75, 3.05) is 24.2 Å². The van der Waals surface area contributed by atoms with E-state index in [1.54, 1.807) is 6.20 Å². The van der Waals surface area contributed by atoms with E-state index in [0.29, 0.717) is 0 Å². The Labute approximate surface area is 141 Å². The molecule has 126 valence electrons. The standard InChI is InChI=1S/C17H19N3O3S/c1-19(9-7-14-5-3-2-4-6-14)16-11-17(21)20(18-12-16)15-8-10-24(22,23)13-15/h2-6,8,10-12,15H,7,9,13H2,1H3/t15-/m1/s1. The molecule has 0 saturated carbocycles. The first-order valence-corrected chi connectivity index (χ1v) is 9.41. The molecule has 0 N–H and O–H groups in total.